The first kappa shape index (κ1) is 18.1. The Balaban J connectivity index is 1.84. The molecule has 136 valence electrons. The third-order valence-corrected chi connectivity index (χ3v) is 4.56. The standard InChI is InChI=1S/C18H21N5O2S/c1-12(2)23-13(3)20-10-17(23)16-8-9-19-18(22-16)21-15-6-4-14(5-7-15)11-26(24)25/h4-10,12,26H,11H2,1-3H3,(H,19,21,22). The lowest BCUT2D eigenvalue weighted by Gasteiger charge is -2.14. The van der Waals surface area contributed by atoms with Crippen LogP contribution in [0.5, 0.6) is 0 Å². The van der Waals surface area contributed by atoms with Gasteiger partial charge < -0.3 is 9.88 Å². The van der Waals surface area contributed by atoms with E-state index in [-0.39, 0.29) is 11.8 Å². The van der Waals surface area contributed by atoms with Crippen LogP contribution in [0.15, 0.2) is 42.7 Å². The van der Waals surface area contributed by atoms with Crippen molar-refractivity contribution in [2.45, 2.75) is 32.6 Å². The second-order valence-electron chi connectivity index (χ2n) is 6.23. The monoisotopic (exact) mass is 371 g/mol. The maximum Gasteiger partial charge on any atom is 0.227 e. The van der Waals surface area contributed by atoms with Gasteiger partial charge in [0.15, 0.2) is 0 Å². The Hall–Kier alpha value is -2.74. The topological polar surface area (TPSA) is 89.8 Å². The Bertz CT molecular complexity index is 970. The average Bonchev–Trinajstić information content (AvgIpc) is 2.98. The van der Waals surface area contributed by atoms with Crippen molar-refractivity contribution in [1.29, 1.82) is 0 Å². The summed E-state index contributed by atoms with van der Waals surface area (Å²) in [5, 5.41) is 3.15. The molecule has 1 N–H and O–H groups in total. The Kier molecular flexibility index (Phi) is 5.32. The number of thiol groups is 1. The van der Waals surface area contributed by atoms with E-state index in [4.69, 9.17) is 0 Å². The molecule has 0 aliphatic carbocycles. The number of aryl methyl sites for hydroxylation is 1. The lowest BCUT2D eigenvalue weighted by Crippen LogP contribution is -2.06. The van der Waals surface area contributed by atoms with E-state index in [2.05, 4.69) is 38.7 Å². The van der Waals surface area contributed by atoms with Crippen LogP contribution in [0.1, 0.15) is 31.3 Å². The summed E-state index contributed by atoms with van der Waals surface area (Å²) in [4.78, 5) is 13.2. The van der Waals surface area contributed by atoms with Crippen LogP contribution in [0.25, 0.3) is 11.4 Å². The number of rotatable bonds is 6. The summed E-state index contributed by atoms with van der Waals surface area (Å²) in [5.41, 5.74) is 3.27. The molecule has 1 aromatic carbocycles. The molecule has 3 aromatic rings. The quantitative estimate of drug-likeness (QED) is 0.647. The second kappa shape index (κ2) is 7.65. The van der Waals surface area contributed by atoms with Gasteiger partial charge in [-0.3, -0.25) is 0 Å². The van der Waals surface area contributed by atoms with Crippen LogP contribution in [0.3, 0.4) is 0 Å². The van der Waals surface area contributed by atoms with Gasteiger partial charge in [-0.25, -0.2) is 23.4 Å². The molecule has 0 unspecified atom stereocenters. The number of aromatic nitrogens is 4. The van der Waals surface area contributed by atoms with Gasteiger partial charge in [0.05, 0.1) is 23.3 Å². The fourth-order valence-corrected chi connectivity index (χ4v) is 3.34. The zero-order valence-corrected chi connectivity index (χ0v) is 15.8. The Morgan fingerprint density at radius 1 is 1.12 bits per heavy atom. The first-order valence-corrected chi connectivity index (χ1v) is 9.65. The van der Waals surface area contributed by atoms with Crippen molar-refractivity contribution < 1.29 is 8.42 Å². The first-order chi connectivity index (χ1) is 12.4. The van der Waals surface area contributed by atoms with Gasteiger partial charge in [0, 0.05) is 17.9 Å². The van der Waals surface area contributed by atoms with E-state index in [1.165, 1.54) is 0 Å². The lowest BCUT2D eigenvalue weighted by molar-refractivity contribution is 0.587. The zero-order valence-electron chi connectivity index (χ0n) is 14.9. The second-order valence-corrected chi connectivity index (χ2v) is 7.21. The van der Waals surface area contributed by atoms with Crippen molar-refractivity contribution >= 4 is 22.3 Å². The van der Waals surface area contributed by atoms with Gasteiger partial charge in [-0.2, -0.15) is 0 Å². The van der Waals surface area contributed by atoms with Gasteiger partial charge in [0.1, 0.15) is 16.5 Å². The highest BCUT2D eigenvalue weighted by molar-refractivity contribution is 7.71. The van der Waals surface area contributed by atoms with Crippen molar-refractivity contribution in [3.63, 3.8) is 0 Å². The maximum absolute atomic E-state index is 10.8. The van der Waals surface area contributed by atoms with Gasteiger partial charge in [0.25, 0.3) is 0 Å². The molecule has 8 heteroatoms. The number of nitrogens with one attached hydrogen (secondary N) is 1. The summed E-state index contributed by atoms with van der Waals surface area (Å²) >= 11 is 0. The van der Waals surface area contributed by atoms with E-state index in [0.717, 1.165) is 28.5 Å². The molecule has 0 bridgehead atoms. The summed E-state index contributed by atoms with van der Waals surface area (Å²) in [6.45, 7) is 6.19. The highest BCUT2D eigenvalue weighted by atomic mass is 32.2. The molecule has 0 fully saturated rings. The summed E-state index contributed by atoms with van der Waals surface area (Å²) in [6, 6.07) is 9.30. The van der Waals surface area contributed by atoms with Crippen LogP contribution in [0.4, 0.5) is 11.6 Å². The van der Waals surface area contributed by atoms with Crippen LogP contribution in [-0.2, 0) is 16.5 Å². The average molecular weight is 371 g/mol. The number of imidazole rings is 1. The summed E-state index contributed by atoms with van der Waals surface area (Å²) < 4.78 is 23.7. The van der Waals surface area contributed by atoms with Gasteiger partial charge in [0.2, 0.25) is 5.95 Å². The normalized spacial score (nSPS) is 11.3. The molecule has 0 aliphatic heterocycles. The minimum Gasteiger partial charge on any atom is -0.324 e. The lowest BCUT2D eigenvalue weighted by atomic mass is 10.2. The van der Waals surface area contributed by atoms with Crippen molar-refractivity contribution in [3.05, 3.63) is 54.1 Å². The molecule has 7 nitrogen and oxygen atoms in total. The third-order valence-electron chi connectivity index (χ3n) is 3.94. The van der Waals surface area contributed by atoms with Crippen molar-refractivity contribution in [2.75, 3.05) is 5.32 Å². The van der Waals surface area contributed by atoms with E-state index in [1.54, 1.807) is 18.3 Å². The van der Waals surface area contributed by atoms with Gasteiger partial charge in [-0.15, -0.1) is 0 Å². The first-order valence-electron chi connectivity index (χ1n) is 8.29. The zero-order chi connectivity index (χ0) is 18.7. The third kappa shape index (κ3) is 4.08. The molecule has 2 heterocycles. The smallest absolute Gasteiger partial charge is 0.227 e. The SMILES string of the molecule is Cc1ncc(-c2ccnc(Nc3ccc(C[SH](=O)=O)cc3)n2)n1C(C)C. The van der Waals surface area contributed by atoms with Crippen LogP contribution in [0.2, 0.25) is 0 Å². The maximum atomic E-state index is 10.8. The summed E-state index contributed by atoms with van der Waals surface area (Å²) in [6.07, 6.45) is 3.52. The number of hydrogen-bond acceptors (Lipinski definition) is 6. The number of nitrogens with zero attached hydrogens (tertiary/aromatic N) is 4. The molecular formula is C18H21N5O2S. The summed E-state index contributed by atoms with van der Waals surface area (Å²) in [7, 11) is -2.42. The molecule has 0 saturated carbocycles. The van der Waals surface area contributed by atoms with Crippen molar-refractivity contribution in [1.82, 2.24) is 19.5 Å². The molecular weight excluding hydrogens is 350 g/mol. The molecule has 0 saturated heterocycles. The van der Waals surface area contributed by atoms with E-state index >= 15 is 0 Å². The fourth-order valence-electron chi connectivity index (χ4n) is 2.83. The molecule has 0 spiro atoms. The largest absolute Gasteiger partial charge is 0.324 e. The van der Waals surface area contributed by atoms with Gasteiger partial charge >= 0.3 is 0 Å². The predicted octanol–water partition coefficient (Wildman–Crippen LogP) is 3.08. The van der Waals surface area contributed by atoms with Crippen LogP contribution >= 0.6 is 0 Å². The molecule has 0 aliphatic rings. The predicted molar refractivity (Wildman–Crippen MR) is 102 cm³/mol. The van der Waals surface area contributed by atoms with Gasteiger partial charge in [-0.1, -0.05) is 12.1 Å². The summed E-state index contributed by atoms with van der Waals surface area (Å²) in [5.74, 6) is 1.45. The van der Waals surface area contributed by atoms with Crippen LogP contribution < -0.4 is 5.32 Å². The van der Waals surface area contributed by atoms with E-state index < -0.39 is 10.7 Å². The van der Waals surface area contributed by atoms with Crippen LogP contribution in [-0.4, -0.2) is 27.9 Å². The Labute approximate surface area is 154 Å². The van der Waals surface area contributed by atoms with E-state index in [0.29, 0.717) is 5.95 Å². The van der Waals surface area contributed by atoms with Crippen molar-refractivity contribution in [2.24, 2.45) is 0 Å². The highest BCUT2D eigenvalue weighted by Crippen LogP contribution is 2.24. The van der Waals surface area contributed by atoms with Crippen molar-refractivity contribution in [3.8, 4) is 11.4 Å². The Morgan fingerprint density at radius 2 is 1.85 bits per heavy atom. The minimum absolute atomic E-state index is 0.0418. The molecule has 3 rings (SSSR count). The minimum atomic E-state index is -2.42. The molecule has 2 aromatic heterocycles. The Morgan fingerprint density at radius 3 is 2.50 bits per heavy atom. The van der Waals surface area contributed by atoms with Crippen LogP contribution in [0, 0.1) is 6.92 Å². The molecule has 0 amide bonds. The highest BCUT2D eigenvalue weighted by Gasteiger charge is 2.13. The van der Waals surface area contributed by atoms with E-state index in [1.807, 2.05) is 31.3 Å². The number of benzene rings is 1. The number of anilines is 2. The van der Waals surface area contributed by atoms with E-state index in [9.17, 15) is 8.42 Å². The molecule has 0 radical (unpaired) electrons. The fraction of sp³-hybridized carbons (Fsp3) is 0.278. The van der Waals surface area contributed by atoms with Gasteiger partial charge in [-0.05, 0) is 44.5 Å². The number of hydrogen-bond donors (Lipinski definition) is 2. The molecule has 0 atom stereocenters. The molecule has 26 heavy (non-hydrogen) atoms.